The van der Waals surface area contributed by atoms with Gasteiger partial charge in [-0.3, -0.25) is 0 Å². The van der Waals surface area contributed by atoms with Gasteiger partial charge in [-0.2, -0.15) is 0 Å². The summed E-state index contributed by atoms with van der Waals surface area (Å²) in [5.41, 5.74) is 12.8. The minimum Gasteiger partial charge on any atom is -0.0622 e. The zero-order valence-corrected chi connectivity index (χ0v) is 28.7. The first-order valence-corrected chi connectivity index (χ1v) is 17.7. The molecule has 9 rings (SSSR count). The number of hydrogen-bond donors (Lipinski definition) is 0. The van der Waals surface area contributed by atoms with Crippen LogP contribution >= 0.6 is 0 Å². The number of rotatable bonds is 5. The van der Waals surface area contributed by atoms with Gasteiger partial charge in [0.25, 0.3) is 0 Å². The van der Waals surface area contributed by atoms with Crippen molar-refractivity contribution in [3.63, 3.8) is 0 Å². The fourth-order valence-corrected chi connectivity index (χ4v) is 8.04. The Balaban J connectivity index is 1.39. The summed E-state index contributed by atoms with van der Waals surface area (Å²) in [6.07, 6.45) is 0. The smallest absolute Gasteiger partial charge is 0.00197 e. The third kappa shape index (κ3) is 4.99. The van der Waals surface area contributed by atoms with Gasteiger partial charge in [0, 0.05) is 0 Å². The summed E-state index contributed by atoms with van der Waals surface area (Å²) in [7, 11) is 0. The molecule has 0 heteroatoms. The van der Waals surface area contributed by atoms with Crippen LogP contribution in [-0.4, -0.2) is 0 Å². The molecule has 0 bridgehead atoms. The third-order valence-electron chi connectivity index (χ3n) is 10.5. The van der Waals surface area contributed by atoms with E-state index in [1.54, 1.807) is 0 Å². The van der Waals surface area contributed by atoms with E-state index >= 15 is 0 Å². The van der Waals surface area contributed by atoms with E-state index in [0.29, 0.717) is 5.92 Å². The lowest BCUT2D eigenvalue weighted by atomic mass is 9.82. The molecule has 0 fully saturated rings. The van der Waals surface area contributed by atoms with Crippen LogP contribution in [0.5, 0.6) is 0 Å². The third-order valence-corrected chi connectivity index (χ3v) is 10.5. The molecule has 0 atom stereocenters. The molecule has 0 N–H and O–H groups in total. The molecule has 0 aliphatic heterocycles. The summed E-state index contributed by atoms with van der Waals surface area (Å²) < 4.78 is 0. The van der Waals surface area contributed by atoms with E-state index < -0.39 is 0 Å². The van der Waals surface area contributed by atoms with Crippen LogP contribution in [0.15, 0.2) is 170 Å². The average molecular weight is 639 g/mol. The van der Waals surface area contributed by atoms with Crippen molar-refractivity contribution < 1.29 is 0 Å². The van der Waals surface area contributed by atoms with E-state index in [1.165, 1.54) is 98.7 Å². The summed E-state index contributed by atoms with van der Waals surface area (Å²) in [5, 5.41) is 10.2. The summed E-state index contributed by atoms with van der Waals surface area (Å²) in [6, 6.07) is 63.2. The molecule has 50 heavy (non-hydrogen) atoms. The molecule has 0 saturated heterocycles. The van der Waals surface area contributed by atoms with Crippen molar-refractivity contribution in [2.24, 2.45) is 0 Å². The van der Waals surface area contributed by atoms with Crippen LogP contribution in [0, 0.1) is 6.92 Å². The van der Waals surface area contributed by atoms with Gasteiger partial charge in [-0.15, -0.1) is 0 Å². The first kappa shape index (κ1) is 30.1. The van der Waals surface area contributed by atoms with Crippen molar-refractivity contribution in [3.05, 3.63) is 181 Å². The normalized spacial score (nSPS) is 11.7. The second-order valence-electron chi connectivity index (χ2n) is 13.9. The van der Waals surface area contributed by atoms with Gasteiger partial charge in [0.15, 0.2) is 0 Å². The monoisotopic (exact) mass is 638 g/mol. The highest BCUT2D eigenvalue weighted by molar-refractivity contribution is 6.26. The first-order valence-electron chi connectivity index (χ1n) is 17.7. The van der Waals surface area contributed by atoms with Crippen molar-refractivity contribution in [1.82, 2.24) is 0 Å². The van der Waals surface area contributed by atoms with Crippen LogP contribution in [0.3, 0.4) is 0 Å². The Morgan fingerprint density at radius 2 is 0.900 bits per heavy atom. The highest BCUT2D eigenvalue weighted by Crippen LogP contribution is 2.47. The van der Waals surface area contributed by atoms with E-state index in [0.717, 1.165) is 0 Å². The van der Waals surface area contributed by atoms with Gasteiger partial charge in [-0.1, -0.05) is 177 Å². The minimum atomic E-state index is 0.391. The van der Waals surface area contributed by atoms with Gasteiger partial charge >= 0.3 is 0 Å². The van der Waals surface area contributed by atoms with Gasteiger partial charge in [0.2, 0.25) is 0 Å². The summed E-state index contributed by atoms with van der Waals surface area (Å²) in [4.78, 5) is 0. The molecule has 0 aromatic heterocycles. The van der Waals surface area contributed by atoms with Crippen LogP contribution in [-0.2, 0) is 0 Å². The number of aryl methyl sites for hydroxylation is 1. The molecule has 0 heterocycles. The predicted octanol–water partition coefficient (Wildman–Crippen LogP) is 14.4. The van der Waals surface area contributed by atoms with Gasteiger partial charge < -0.3 is 0 Å². The maximum atomic E-state index is 2.46. The molecule has 0 aliphatic rings. The fourth-order valence-electron chi connectivity index (χ4n) is 8.04. The zero-order chi connectivity index (χ0) is 33.8. The lowest BCUT2D eigenvalue weighted by Crippen LogP contribution is -1.95. The molecule has 0 saturated carbocycles. The zero-order valence-electron chi connectivity index (χ0n) is 28.7. The van der Waals surface area contributed by atoms with E-state index in [-0.39, 0.29) is 0 Å². The van der Waals surface area contributed by atoms with Crippen LogP contribution < -0.4 is 0 Å². The first-order chi connectivity index (χ1) is 24.5. The van der Waals surface area contributed by atoms with Crippen molar-refractivity contribution in [3.8, 4) is 44.5 Å². The van der Waals surface area contributed by atoms with Gasteiger partial charge in [-0.25, -0.2) is 0 Å². The van der Waals surface area contributed by atoms with E-state index in [1.807, 2.05) is 0 Å². The van der Waals surface area contributed by atoms with Gasteiger partial charge in [-0.05, 0) is 118 Å². The van der Waals surface area contributed by atoms with Crippen LogP contribution in [0.25, 0.3) is 87.6 Å². The molecule has 0 amide bonds. The second kappa shape index (κ2) is 12.2. The van der Waals surface area contributed by atoms with Gasteiger partial charge in [0.1, 0.15) is 0 Å². The molecular weight excluding hydrogens is 601 g/mol. The summed E-state index contributed by atoms with van der Waals surface area (Å²) in [6.45, 7) is 6.76. The van der Waals surface area contributed by atoms with Gasteiger partial charge in [0.05, 0.1) is 0 Å². The average Bonchev–Trinajstić information content (AvgIpc) is 3.17. The number of hydrogen-bond acceptors (Lipinski definition) is 0. The molecule has 9 aromatic carbocycles. The fraction of sp³-hybridized carbons (Fsp3) is 0.0800. The Kier molecular flexibility index (Phi) is 7.32. The van der Waals surface area contributed by atoms with Crippen molar-refractivity contribution in [1.29, 1.82) is 0 Å². The molecule has 0 nitrogen and oxygen atoms in total. The SMILES string of the molecule is Cc1ccc(-c2c3ccccc3c(-c3cc4ccccc4c4ccccc34)c3cc(-c4ccc(-c5ccccc5)c(C(C)C)c4)ccc23)cc1. The van der Waals surface area contributed by atoms with Crippen molar-refractivity contribution in [2.45, 2.75) is 26.7 Å². The Morgan fingerprint density at radius 1 is 0.340 bits per heavy atom. The van der Waals surface area contributed by atoms with Crippen molar-refractivity contribution in [2.75, 3.05) is 0 Å². The van der Waals surface area contributed by atoms with Crippen LogP contribution in [0.2, 0.25) is 0 Å². The molecular formula is C50H38. The molecule has 0 radical (unpaired) electrons. The van der Waals surface area contributed by atoms with E-state index in [9.17, 15) is 0 Å². The lowest BCUT2D eigenvalue weighted by molar-refractivity contribution is 0.869. The lowest BCUT2D eigenvalue weighted by Gasteiger charge is -2.21. The van der Waals surface area contributed by atoms with Crippen LogP contribution in [0.1, 0.15) is 30.9 Å². The number of fused-ring (bicyclic) bond motifs is 5. The molecule has 0 aliphatic carbocycles. The summed E-state index contributed by atoms with van der Waals surface area (Å²) >= 11 is 0. The minimum absolute atomic E-state index is 0.391. The molecule has 9 aromatic rings. The topological polar surface area (TPSA) is 0 Å². The van der Waals surface area contributed by atoms with E-state index in [4.69, 9.17) is 0 Å². The Bertz CT molecular complexity index is 2710. The molecule has 0 unspecified atom stereocenters. The Morgan fingerprint density at radius 3 is 1.64 bits per heavy atom. The quantitative estimate of drug-likeness (QED) is 0.130. The maximum Gasteiger partial charge on any atom is -0.00197 e. The van der Waals surface area contributed by atoms with Crippen LogP contribution in [0.4, 0.5) is 0 Å². The Hall–Kier alpha value is -5.98. The molecule has 238 valence electrons. The largest absolute Gasteiger partial charge is 0.0622 e. The number of benzene rings is 9. The van der Waals surface area contributed by atoms with Crippen molar-refractivity contribution >= 4 is 43.1 Å². The highest BCUT2D eigenvalue weighted by Gasteiger charge is 2.20. The maximum absolute atomic E-state index is 2.46. The Labute approximate surface area is 294 Å². The summed E-state index contributed by atoms with van der Waals surface area (Å²) in [5.74, 6) is 0.391. The van der Waals surface area contributed by atoms with E-state index in [2.05, 4.69) is 191 Å². The predicted molar refractivity (Wildman–Crippen MR) is 217 cm³/mol. The second-order valence-corrected chi connectivity index (χ2v) is 13.9. The molecule has 0 spiro atoms. The highest BCUT2D eigenvalue weighted by atomic mass is 14.2. The standard InChI is InChI=1S/C50H38/c1-32(2)46-29-36(25-27-40(46)34-13-5-4-6-14-34)37-26-28-45-48(30-37)50(44-20-12-11-19-43(44)49(45)35-23-21-33(3)22-24-35)47-31-38-15-7-8-16-39(38)41-17-9-10-18-42(41)47/h4-32H,1-3H3.